The van der Waals surface area contributed by atoms with Gasteiger partial charge < -0.3 is 4.90 Å². The molecule has 1 aromatic carbocycles. The summed E-state index contributed by atoms with van der Waals surface area (Å²) in [4.78, 5) is 33.9. The molecule has 0 bridgehead atoms. The quantitative estimate of drug-likeness (QED) is 0.662. The van der Waals surface area contributed by atoms with E-state index in [1.165, 1.54) is 4.90 Å². The number of carbonyl (C=O) groups is 2. The van der Waals surface area contributed by atoms with Gasteiger partial charge in [0.25, 0.3) is 11.8 Å². The van der Waals surface area contributed by atoms with Crippen molar-refractivity contribution >= 4 is 17.4 Å². The molecule has 0 spiro atoms. The summed E-state index contributed by atoms with van der Waals surface area (Å²) in [6.07, 6.45) is 4.33. The van der Waals surface area contributed by atoms with E-state index in [1.807, 2.05) is 68.1 Å². The molecule has 1 aliphatic rings. The summed E-state index contributed by atoms with van der Waals surface area (Å²) in [6.45, 7) is 7.81. The molecule has 0 aliphatic carbocycles. The van der Waals surface area contributed by atoms with Gasteiger partial charge in [0.15, 0.2) is 0 Å². The Morgan fingerprint density at radius 1 is 1.00 bits per heavy atom. The number of imide groups is 1. The molecule has 28 heavy (non-hydrogen) atoms. The number of amides is 2. The van der Waals surface area contributed by atoms with Gasteiger partial charge in [-0.15, -0.1) is 0 Å². The van der Waals surface area contributed by atoms with Crippen molar-refractivity contribution in [3.05, 3.63) is 71.7 Å². The van der Waals surface area contributed by atoms with Gasteiger partial charge in [0.1, 0.15) is 5.70 Å². The molecule has 1 aromatic heterocycles. The van der Waals surface area contributed by atoms with Crippen LogP contribution in [-0.2, 0) is 16.0 Å². The number of hydrogen-bond acceptors (Lipinski definition) is 4. The Kier molecular flexibility index (Phi) is 6.24. The number of hydrogen-bond donors (Lipinski definition) is 0. The Balaban J connectivity index is 1.96. The van der Waals surface area contributed by atoms with E-state index in [2.05, 4.69) is 4.98 Å². The molecule has 0 unspecified atom stereocenters. The van der Waals surface area contributed by atoms with Crippen LogP contribution >= 0.6 is 0 Å². The molecule has 1 aliphatic heterocycles. The van der Waals surface area contributed by atoms with E-state index in [0.29, 0.717) is 30.9 Å². The third kappa shape index (κ3) is 4.14. The zero-order valence-electron chi connectivity index (χ0n) is 16.8. The molecule has 0 saturated heterocycles. The lowest BCUT2D eigenvalue weighted by atomic mass is 10.0. The van der Waals surface area contributed by atoms with Gasteiger partial charge in [-0.2, -0.15) is 0 Å². The van der Waals surface area contributed by atoms with Crippen LogP contribution in [-0.4, -0.2) is 46.2 Å². The molecule has 0 atom stereocenters. The first-order valence-electron chi connectivity index (χ1n) is 9.82. The lowest BCUT2D eigenvalue weighted by molar-refractivity contribution is -0.138. The van der Waals surface area contributed by atoms with Gasteiger partial charge >= 0.3 is 0 Å². The Morgan fingerprint density at radius 2 is 1.68 bits per heavy atom. The number of nitrogens with zero attached hydrogens (tertiary/aromatic N) is 3. The molecule has 0 N–H and O–H groups in total. The van der Waals surface area contributed by atoms with E-state index < -0.39 is 0 Å². The standard InChI is InChI=1S/C23H27N3O2/c1-4-25(15-12-18-10-13-24-14-11-18)21-20(19-8-6-5-7-9-19)22(27)26(23(21)28)16-17(2)3/h5-11,13-14,17H,4,12,15-16H2,1-3H3. The Bertz CT molecular complexity index is 860. The highest BCUT2D eigenvalue weighted by atomic mass is 16.2. The van der Waals surface area contributed by atoms with Crippen LogP contribution in [0.4, 0.5) is 0 Å². The van der Waals surface area contributed by atoms with Crippen molar-refractivity contribution in [2.45, 2.75) is 27.2 Å². The summed E-state index contributed by atoms with van der Waals surface area (Å²) < 4.78 is 0. The van der Waals surface area contributed by atoms with Crippen molar-refractivity contribution in [2.24, 2.45) is 5.92 Å². The third-order valence-electron chi connectivity index (χ3n) is 4.87. The van der Waals surface area contributed by atoms with Crippen molar-refractivity contribution < 1.29 is 9.59 Å². The Labute approximate surface area is 166 Å². The summed E-state index contributed by atoms with van der Waals surface area (Å²) in [5, 5.41) is 0. The summed E-state index contributed by atoms with van der Waals surface area (Å²) in [5.74, 6) is -0.160. The topological polar surface area (TPSA) is 53.5 Å². The number of likely N-dealkylation sites (N-methyl/N-ethyl adjacent to an activating group) is 1. The van der Waals surface area contributed by atoms with Crippen LogP contribution in [0, 0.1) is 5.92 Å². The molecule has 5 nitrogen and oxygen atoms in total. The minimum absolute atomic E-state index is 0.186. The molecule has 146 valence electrons. The van der Waals surface area contributed by atoms with Crippen molar-refractivity contribution in [3.63, 3.8) is 0 Å². The maximum absolute atomic E-state index is 13.2. The van der Waals surface area contributed by atoms with E-state index >= 15 is 0 Å². The minimum atomic E-state index is -0.192. The molecule has 0 radical (unpaired) electrons. The van der Waals surface area contributed by atoms with E-state index in [9.17, 15) is 9.59 Å². The highest BCUT2D eigenvalue weighted by molar-refractivity contribution is 6.35. The fourth-order valence-electron chi connectivity index (χ4n) is 3.49. The van der Waals surface area contributed by atoms with Gasteiger partial charge in [0, 0.05) is 32.0 Å². The number of benzene rings is 1. The Hall–Kier alpha value is -2.95. The molecule has 0 saturated carbocycles. The zero-order valence-corrected chi connectivity index (χ0v) is 16.8. The largest absolute Gasteiger partial charge is 0.366 e. The Morgan fingerprint density at radius 3 is 2.29 bits per heavy atom. The first-order chi connectivity index (χ1) is 13.5. The number of aromatic nitrogens is 1. The summed E-state index contributed by atoms with van der Waals surface area (Å²) in [5.41, 5.74) is 2.99. The lowest BCUT2D eigenvalue weighted by Crippen LogP contribution is -2.38. The van der Waals surface area contributed by atoms with Crippen molar-refractivity contribution in [1.29, 1.82) is 0 Å². The van der Waals surface area contributed by atoms with Crippen LogP contribution in [0.15, 0.2) is 60.6 Å². The molecular weight excluding hydrogens is 350 g/mol. The van der Waals surface area contributed by atoms with Gasteiger partial charge in [0.05, 0.1) is 5.57 Å². The normalized spacial score (nSPS) is 14.4. The van der Waals surface area contributed by atoms with Gasteiger partial charge in [-0.3, -0.25) is 19.5 Å². The summed E-state index contributed by atoms with van der Waals surface area (Å²) >= 11 is 0. The first kappa shape index (κ1) is 19.8. The number of rotatable bonds is 8. The molecule has 2 aromatic rings. The summed E-state index contributed by atoms with van der Waals surface area (Å²) in [6, 6.07) is 13.5. The monoisotopic (exact) mass is 377 g/mol. The van der Waals surface area contributed by atoms with Crippen molar-refractivity contribution in [2.75, 3.05) is 19.6 Å². The summed E-state index contributed by atoms with van der Waals surface area (Å²) in [7, 11) is 0. The van der Waals surface area contributed by atoms with Crippen molar-refractivity contribution in [3.8, 4) is 0 Å². The third-order valence-corrected chi connectivity index (χ3v) is 4.87. The van der Waals surface area contributed by atoms with E-state index in [4.69, 9.17) is 0 Å². The van der Waals surface area contributed by atoms with Crippen LogP contribution in [0.25, 0.3) is 5.57 Å². The second kappa shape index (κ2) is 8.83. The van der Waals surface area contributed by atoms with Gasteiger partial charge in [-0.05, 0) is 42.5 Å². The zero-order chi connectivity index (χ0) is 20.1. The molecule has 3 rings (SSSR count). The molecule has 0 fully saturated rings. The van der Waals surface area contributed by atoms with Crippen LogP contribution in [0.2, 0.25) is 0 Å². The van der Waals surface area contributed by atoms with Crippen LogP contribution in [0.5, 0.6) is 0 Å². The second-order valence-corrected chi connectivity index (χ2v) is 7.39. The highest BCUT2D eigenvalue weighted by Crippen LogP contribution is 2.32. The van der Waals surface area contributed by atoms with Crippen LogP contribution < -0.4 is 0 Å². The maximum Gasteiger partial charge on any atom is 0.277 e. The van der Waals surface area contributed by atoms with Gasteiger partial charge in [-0.25, -0.2) is 0 Å². The van der Waals surface area contributed by atoms with Gasteiger partial charge in [0.2, 0.25) is 0 Å². The smallest absolute Gasteiger partial charge is 0.277 e. The highest BCUT2D eigenvalue weighted by Gasteiger charge is 2.41. The second-order valence-electron chi connectivity index (χ2n) is 7.39. The average Bonchev–Trinajstić information content (AvgIpc) is 2.94. The predicted molar refractivity (Wildman–Crippen MR) is 110 cm³/mol. The van der Waals surface area contributed by atoms with Crippen LogP contribution in [0.3, 0.4) is 0 Å². The maximum atomic E-state index is 13.2. The predicted octanol–water partition coefficient (Wildman–Crippen LogP) is 3.38. The average molecular weight is 377 g/mol. The van der Waals surface area contributed by atoms with E-state index in [1.54, 1.807) is 12.4 Å². The van der Waals surface area contributed by atoms with E-state index in [-0.39, 0.29) is 17.7 Å². The van der Waals surface area contributed by atoms with Crippen LogP contribution in [0.1, 0.15) is 31.9 Å². The molecular formula is C23H27N3O2. The fraction of sp³-hybridized carbons (Fsp3) is 0.348. The number of pyridine rings is 1. The van der Waals surface area contributed by atoms with Gasteiger partial charge in [-0.1, -0.05) is 44.2 Å². The molecule has 2 amide bonds. The lowest BCUT2D eigenvalue weighted by Gasteiger charge is -2.25. The fourth-order valence-corrected chi connectivity index (χ4v) is 3.49. The van der Waals surface area contributed by atoms with E-state index in [0.717, 1.165) is 17.5 Å². The van der Waals surface area contributed by atoms with Crippen molar-refractivity contribution in [1.82, 2.24) is 14.8 Å². The molecule has 2 heterocycles. The molecule has 5 heteroatoms. The number of carbonyl (C=O) groups excluding carboxylic acids is 2. The minimum Gasteiger partial charge on any atom is -0.366 e. The first-order valence-corrected chi connectivity index (χ1v) is 9.82. The SMILES string of the molecule is CCN(CCc1ccncc1)C1=C(c2ccccc2)C(=O)N(CC(C)C)C1=O.